The van der Waals surface area contributed by atoms with Crippen molar-refractivity contribution < 1.29 is 14.4 Å². The molecule has 3 saturated heterocycles. The summed E-state index contributed by atoms with van der Waals surface area (Å²) in [5, 5.41) is 12.3. The van der Waals surface area contributed by atoms with E-state index in [1.54, 1.807) is 28.9 Å². The number of carbonyl (C=O) groups excluding carboxylic acids is 3. The quantitative estimate of drug-likeness (QED) is 0.584. The second-order valence-electron chi connectivity index (χ2n) is 8.49. The number of fused-ring (bicyclic) bond motifs is 5. The van der Waals surface area contributed by atoms with E-state index in [0.717, 1.165) is 14.9 Å². The molecule has 3 atom stereocenters. The molecule has 10 heteroatoms. The highest BCUT2D eigenvalue weighted by Crippen LogP contribution is 2.43. The zero-order valence-corrected chi connectivity index (χ0v) is 20.1. The molecule has 33 heavy (non-hydrogen) atoms. The number of nitrogens with one attached hydrogen (secondary N) is 1. The number of nitrogens with zero attached hydrogens (tertiary/aromatic N) is 4. The van der Waals surface area contributed by atoms with Gasteiger partial charge in [0.1, 0.15) is 12.1 Å². The number of rotatable bonds is 2. The van der Waals surface area contributed by atoms with E-state index in [0.29, 0.717) is 29.9 Å². The van der Waals surface area contributed by atoms with Gasteiger partial charge in [-0.3, -0.25) is 4.79 Å². The molecule has 5 rings (SSSR count). The highest BCUT2D eigenvalue weighted by Gasteiger charge is 2.63. The number of urea groups is 2. The maximum absolute atomic E-state index is 13.4. The third-order valence-corrected chi connectivity index (χ3v) is 8.03. The van der Waals surface area contributed by atoms with Gasteiger partial charge in [-0.2, -0.15) is 5.26 Å². The molecular weight excluding hydrogens is 510 g/mol. The standard InChI is InChI=1S/C23H19BrClN5O3/c1-11-7-14(4-5-16(11)24)27-22(32)28-10-15-8-18(28)20-21(31)30(23(33)29(15)20)17-6-3-13(9-26)19(25)12(17)2/h3-7,15,18,20H,8,10H2,1-2H3,(H,27,32)/t15-,18?,20?/m1/s1. The fourth-order valence-electron chi connectivity index (χ4n) is 5.03. The molecule has 2 aromatic carbocycles. The van der Waals surface area contributed by atoms with Gasteiger partial charge < -0.3 is 15.1 Å². The van der Waals surface area contributed by atoms with Gasteiger partial charge in [0.2, 0.25) is 0 Å². The normalized spacial score (nSPS) is 23.2. The summed E-state index contributed by atoms with van der Waals surface area (Å²) in [4.78, 5) is 44.0. The van der Waals surface area contributed by atoms with Gasteiger partial charge in [-0.25, -0.2) is 14.5 Å². The van der Waals surface area contributed by atoms with Crippen molar-refractivity contribution in [3.63, 3.8) is 0 Å². The molecule has 1 N–H and O–H groups in total. The van der Waals surface area contributed by atoms with Crippen LogP contribution < -0.4 is 10.2 Å². The summed E-state index contributed by atoms with van der Waals surface area (Å²) in [6, 6.07) is 8.54. The van der Waals surface area contributed by atoms with E-state index in [2.05, 4.69) is 21.2 Å². The van der Waals surface area contributed by atoms with Crippen molar-refractivity contribution in [2.45, 2.75) is 38.4 Å². The minimum atomic E-state index is -0.734. The number of likely N-dealkylation sites (tertiary alicyclic amines) is 1. The molecule has 3 aliphatic rings. The second-order valence-corrected chi connectivity index (χ2v) is 9.73. The maximum Gasteiger partial charge on any atom is 0.332 e. The van der Waals surface area contributed by atoms with Crippen LogP contribution in [0.5, 0.6) is 0 Å². The van der Waals surface area contributed by atoms with Gasteiger partial charge in [-0.1, -0.05) is 27.5 Å². The number of hydrogen-bond acceptors (Lipinski definition) is 4. The molecule has 0 radical (unpaired) electrons. The molecule has 0 aromatic heterocycles. The van der Waals surface area contributed by atoms with Gasteiger partial charge in [0, 0.05) is 16.7 Å². The fraction of sp³-hybridized carbons (Fsp3) is 0.304. The lowest BCUT2D eigenvalue weighted by atomic mass is 10.1. The fourth-order valence-corrected chi connectivity index (χ4v) is 5.48. The van der Waals surface area contributed by atoms with Gasteiger partial charge in [0.15, 0.2) is 0 Å². The molecule has 0 spiro atoms. The molecular formula is C23H19BrClN5O3. The van der Waals surface area contributed by atoms with E-state index < -0.39 is 18.1 Å². The van der Waals surface area contributed by atoms with Crippen LogP contribution in [0.4, 0.5) is 21.0 Å². The maximum atomic E-state index is 13.4. The molecule has 3 heterocycles. The van der Waals surface area contributed by atoms with E-state index in [1.165, 1.54) is 6.07 Å². The summed E-state index contributed by atoms with van der Waals surface area (Å²) in [6.45, 7) is 3.98. The first-order valence-corrected chi connectivity index (χ1v) is 11.6. The molecule has 8 nitrogen and oxygen atoms in total. The number of nitriles is 1. The van der Waals surface area contributed by atoms with E-state index in [-0.39, 0.29) is 28.6 Å². The Balaban J connectivity index is 1.40. The van der Waals surface area contributed by atoms with Gasteiger partial charge in [0.05, 0.1) is 28.4 Å². The number of aryl methyl sites for hydroxylation is 1. The highest BCUT2D eigenvalue weighted by atomic mass is 79.9. The number of anilines is 2. The average molecular weight is 529 g/mol. The third-order valence-electron chi connectivity index (χ3n) is 6.65. The van der Waals surface area contributed by atoms with Crippen molar-refractivity contribution in [2.75, 3.05) is 16.8 Å². The third kappa shape index (κ3) is 3.20. The Hall–Kier alpha value is -3.09. The van der Waals surface area contributed by atoms with Crippen LogP contribution in [-0.2, 0) is 4.79 Å². The Kier molecular flexibility index (Phi) is 5.10. The lowest BCUT2D eigenvalue weighted by Crippen LogP contribution is -2.55. The van der Waals surface area contributed by atoms with Crippen LogP contribution in [0.15, 0.2) is 34.8 Å². The predicted octanol–water partition coefficient (Wildman–Crippen LogP) is 4.42. The molecule has 3 fully saturated rings. The Labute approximate surface area is 203 Å². The monoisotopic (exact) mass is 527 g/mol. The van der Waals surface area contributed by atoms with Crippen LogP contribution in [0.3, 0.4) is 0 Å². The summed E-state index contributed by atoms with van der Waals surface area (Å²) in [6.07, 6.45) is 0.565. The van der Waals surface area contributed by atoms with Crippen molar-refractivity contribution in [1.29, 1.82) is 5.26 Å². The number of halogens is 2. The van der Waals surface area contributed by atoms with Crippen molar-refractivity contribution in [3.8, 4) is 6.07 Å². The zero-order valence-electron chi connectivity index (χ0n) is 17.8. The Morgan fingerprint density at radius 3 is 2.70 bits per heavy atom. The number of amides is 5. The first-order chi connectivity index (χ1) is 15.7. The number of hydrogen-bond donors (Lipinski definition) is 1. The van der Waals surface area contributed by atoms with Crippen molar-refractivity contribution in [1.82, 2.24) is 9.80 Å². The Morgan fingerprint density at radius 2 is 2.00 bits per heavy atom. The molecule has 5 amide bonds. The second kappa shape index (κ2) is 7.75. The average Bonchev–Trinajstić information content (AvgIpc) is 3.45. The van der Waals surface area contributed by atoms with Gasteiger partial charge in [-0.15, -0.1) is 0 Å². The van der Waals surface area contributed by atoms with Crippen LogP contribution in [0, 0.1) is 25.2 Å². The molecule has 0 saturated carbocycles. The summed E-state index contributed by atoms with van der Waals surface area (Å²) in [5.74, 6) is -0.381. The summed E-state index contributed by atoms with van der Waals surface area (Å²) in [7, 11) is 0. The molecule has 0 aliphatic carbocycles. The molecule has 2 unspecified atom stereocenters. The molecule has 168 valence electrons. The van der Waals surface area contributed by atoms with Crippen LogP contribution in [0.2, 0.25) is 5.02 Å². The number of imide groups is 1. The minimum absolute atomic E-state index is 0.219. The molecule has 2 aromatic rings. The molecule has 3 aliphatic heterocycles. The van der Waals surface area contributed by atoms with E-state index in [1.807, 2.05) is 25.1 Å². The van der Waals surface area contributed by atoms with Crippen molar-refractivity contribution in [3.05, 3.63) is 56.5 Å². The van der Waals surface area contributed by atoms with Gasteiger partial charge in [-0.05, 0) is 61.7 Å². The smallest absolute Gasteiger partial charge is 0.317 e. The first kappa shape index (κ1) is 21.7. The van der Waals surface area contributed by atoms with E-state index in [9.17, 15) is 19.6 Å². The van der Waals surface area contributed by atoms with Crippen LogP contribution in [0.1, 0.15) is 23.1 Å². The number of benzene rings is 2. The van der Waals surface area contributed by atoms with Crippen molar-refractivity contribution >= 4 is 56.9 Å². The van der Waals surface area contributed by atoms with E-state index in [4.69, 9.17) is 11.6 Å². The van der Waals surface area contributed by atoms with Crippen LogP contribution in [-0.4, -0.2) is 52.4 Å². The SMILES string of the molecule is Cc1cc(NC(=O)N2C[C@H]3CC2C2C(=O)N(c4ccc(C#N)c(Cl)c4C)C(=O)N23)ccc1Br. The summed E-state index contributed by atoms with van der Waals surface area (Å²) in [5.41, 5.74) is 2.79. The predicted molar refractivity (Wildman–Crippen MR) is 126 cm³/mol. The van der Waals surface area contributed by atoms with E-state index >= 15 is 0 Å². The van der Waals surface area contributed by atoms with Gasteiger partial charge >= 0.3 is 12.1 Å². The van der Waals surface area contributed by atoms with Crippen LogP contribution >= 0.6 is 27.5 Å². The highest BCUT2D eigenvalue weighted by molar-refractivity contribution is 9.10. The largest absolute Gasteiger partial charge is 0.332 e. The van der Waals surface area contributed by atoms with Gasteiger partial charge in [0.25, 0.3) is 5.91 Å². The summed E-state index contributed by atoms with van der Waals surface area (Å²) < 4.78 is 0.949. The lowest BCUT2D eigenvalue weighted by molar-refractivity contribution is -0.120. The van der Waals surface area contributed by atoms with Crippen LogP contribution in [0.25, 0.3) is 0 Å². The lowest BCUT2D eigenvalue weighted by Gasteiger charge is -2.34. The minimum Gasteiger partial charge on any atom is -0.317 e. The topological polar surface area (TPSA) is 96.7 Å². The first-order valence-electron chi connectivity index (χ1n) is 10.4. The Morgan fingerprint density at radius 1 is 1.24 bits per heavy atom. The molecule has 2 bridgehead atoms. The number of piperazine rings is 1. The Bertz CT molecular complexity index is 1280. The zero-order chi connectivity index (χ0) is 23.6. The number of carbonyl (C=O) groups is 3. The summed E-state index contributed by atoms with van der Waals surface area (Å²) >= 11 is 9.72. The van der Waals surface area contributed by atoms with Crippen molar-refractivity contribution in [2.24, 2.45) is 0 Å².